The Bertz CT molecular complexity index is 210. The molecule has 1 atom stereocenters. The number of nitrogens with one attached hydrogen (secondary N) is 2. The van der Waals surface area contributed by atoms with Gasteiger partial charge in [-0.05, 0) is 40.2 Å². The molecule has 0 aliphatic heterocycles. The van der Waals surface area contributed by atoms with E-state index in [9.17, 15) is 4.79 Å². The highest BCUT2D eigenvalue weighted by molar-refractivity contribution is 5.67. The monoisotopic (exact) mass is 246 g/mol. The Hall–Kier alpha value is -0.810. The van der Waals surface area contributed by atoms with Crippen LogP contribution in [0.25, 0.3) is 0 Å². The van der Waals surface area contributed by atoms with Gasteiger partial charge in [-0.3, -0.25) is 0 Å². The average molecular weight is 246 g/mol. The smallest absolute Gasteiger partial charge is 0.407 e. The van der Waals surface area contributed by atoms with Crippen LogP contribution < -0.4 is 10.6 Å². The molecule has 0 aromatic rings. The third kappa shape index (κ3) is 10.1. The van der Waals surface area contributed by atoms with Crippen LogP contribution in [0, 0.1) is 0 Å². The predicted octanol–water partition coefficient (Wildman–Crippen LogP) is 1.26. The summed E-state index contributed by atoms with van der Waals surface area (Å²) in [6.07, 6.45) is 1.33. The van der Waals surface area contributed by atoms with Gasteiger partial charge in [-0.25, -0.2) is 4.79 Å². The van der Waals surface area contributed by atoms with E-state index in [1.165, 1.54) is 0 Å². The van der Waals surface area contributed by atoms with Crippen LogP contribution in [0.5, 0.6) is 0 Å². The minimum Gasteiger partial charge on any atom is -0.444 e. The van der Waals surface area contributed by atoms with E-state index in [4.69, 9.17) is 9.84 Å². The molecule has 0 aliphatic carbocycles. The molecule has 0 bridgehead atoms. The van der Waals surface area contributed by atoms with Crippen LogP contribution in [-0.2, 0) is 4.74 Å². The van der Waals surface area contributed by atoms with Gasteiger partial charge >= 0.3 is 6.09 Å². The SMILES string of the molecule is CC[C@H](CO)NCCCNC(=O)OC(C)(C)C. The predicted molar refractivity (Wildman–Crippen MR) is 68.0 cm³/mol. The summed E-state index contributed by atoms with van der Waals surface area (Å²) in [6, 6.07) is 0.150. The number of hydrogen-bond donors (Lipinski definition) is 3. The largest absolute Gasteiger partial charge is 0.444 e. The molecule has 0 fully saturated rings. The maximum Gasteiger partial charge on any atom is 0.407 e. The number of carbonyl (C=O) groups is 1. The Kier molecular flexibility index (Phi) is 7.91. The van der Waals surface area contributed by atoms with Crippen molar-refractivity contribution in [1.29, 1.82) is 0 Å². The molecular formula is C12H26N2O3. The summed E-state index contributed by atoms with van der Waals surface area (Å²) in [7, 11) is 0. The minimum atomic E-state index is -0.452. The molecule has 102 valence electrons. The van der Waals surface area contributed by atoms with Gasteiger partial charge in [0, 0.05) is 12.6 Å². The zero-order valence-electron chi connectivity index (χ0n) is 11.4. The molecule has 0 rings (SSSR count). The average Bonchev–Trinajstić information content (AvgIpc) is 2.21. The fraction of sp³-hybridized carbons (Fsp3) is 0.917. The van der Waals surface area contributed by atoms with Crippen molar-refractivity contribution >= 4 is 6.09 Å². The first-order valence-electron chi connectivity index (χ1n) is 6.20. The van der Waals surface area contributed by atoms with E-state index in [0.29, 0.717) is 6.54 Å². The molecule has 0 saturated heterocycles. The molecular weight excluding hydrogens is 220 g/mol. The second-order valence-electron chi connectivity index (χ2n) is 5.02. The minimum absolute atomic E-state index is 0.149. The van der Waals surface area contributed by atoms with Gasteiger partial charge in [-0.1, -0.05) is 6.92 Å². The van der Waals surface area contributed by atoms with Crippen molar-refractivity contribution in [1.82, 2.24) is 10.6 Å². The van der Waals surface area contributed by atoms with Crippen molar-refractivity contribution in [3.8, 4) is 0 Å². The van der Waals surface area contributed by atoms with Crippen LogP contribution >= 0.6 is 0 Å². The number of aliphatic hydroxyl groups is 1. The van der Waals surface area contributed by atoms with Gasteiger partial charge in [-0.2, -0.15) is 0 Å². The van der Waals surface area contributed by atoms with Gasteiger partial charge in [0.2, 0.25) is 0 Å². The van der Waals surface area contributed by atoms with Crippen molar-refractivity contribution in [2.45, 2.75) is 52.2 Å². The van der Waals surface area contributed by atoms with Crippen LogP contribution in [0.1, 0.15) is 40.5 Å². The molecule has 0 radical (unpaired) electrons. The molecule has 3 N–H and O–H groups in total. The van der Waals surface area contributed by atoms with Crippen LogP contribution in [0.2, 0.25) is 0 Å². The van der Waals surface area contributed by atoms with Crippen molar-refractivity contribution in [2.24, 2.45) is 0 Å². The van der Waals surface area contributed by atoms with Gasteiger partial charge in [-0.15, -0.1) is 0 Å². The third-order valence-corrected chi connectivity index (χ3v) is 2.17. The molecule has 0 spiro atoms. The maximum atomic E-state index is 11.3. The molecule has 0 heterocycles. The zero-order chi connectivity index (χ0) is 13.3. The number of rotatable bonds is 7. The Balaban J connectivity index is 3.49. The summed E-state index contributed by atoms with van der Waals surface area (Å²) in [5, 5.41) is 14.8. The van der Waals surface area contributed by atoms with E-state index >= 15 is 0 Å². The number of amides is 1. The van der Waals surface area contributed by atoms with Crippen molar-refractivity contribution in [3.63, 3.8) is 0 Å². The molecule has 0 aromatic carbocycles. The van der Waals surface area contributed by atoms with E-state index in [-0.39, 0.29) is 18.7 Å². The molecule has 1 amide bonds. The second kappa shape index (κ2) is 8.31. The first-order chi connectivity index (χ1) is 7.89. The fourth-order valence-electron chi connectivity index (χ4n) is 1.24. The number of ether oxygens (including phenoxy) is 1. The molecule has 0 unspecified atom stereocenters. The van der Waals surface area contributed by atoms with Gasteiger partial charge < -0.3 is 20.5 Å². The molecule has 5 heteroatoms. The molecule has 0 saturated carbocycles. The Morgan fingerprint density at radius 2 is 2.00 bits per heavy atom. The number of alkyl carbamates (subject to hydrolysis) is 1. The number of aliphatic hydroxyl groups excluding tert-OH is 1. The van der Waals surface area contributed by atoms with Crippen LogP contribution in [0.4, 0.5) is 4.79 Å². The van der Waals surface area contributed by atoms with Crippen LogP contribution in [0.3, 0.4) is 0 Å². The van der Waals surface area contributed by atoms with E-state index < -0.39 is 5.60 Å². The second-order valence-corrected chi connectivity index (χ2v) is 5.02. The van der Waals surface area contributed by atoms with E-state index in [1.807, 2.05) is 27.7 Å². The quantitative estimate of drug-likeness (QED) is 0.591. The molecule has 17 heavy (non-hydrogen) atoms. The van der Waals surface area contributed by atoms with E-state index in [1.54, 1.807) is 0 Å². The number of carbonyl (C=O) groups excluding carboxylic acids is 1. The first-order valence-corrected chi connectivity index (χ1v) is 6.20. The summed E-state index contributed by atoms with van der Waals surface area (Å²) >= 11 is 0. The summed E-state index contributed by atoms with van der Waals surface area (Å²) < 4.78 is 5.10. The summed E-state index contributed by atoms with van der Waals surface area (Å²) in [4.78, 5) is 11.3. The van der Waals surface area contributed by atoms with Crippen molar-refractivity contribution in [2.75, 3.05) is 19.7 Å². The normalized spacial score (nSPS) is 13.2. The van der Waals surface area contributed by atoms with E-state index in [2.05, 4.69) is 10.6 Å². The molecule has 0 aliphatic rings. The summed E-state index contributed by atoms with van der Waals surface area (Å²) in [6.45, 7) is 9.02. The van der Waals surface area contributed by atoms with Crippen LogP contribution in [0.15, 0.2) is 0 Å². The summed E-state index contributed by atoms with van der Waals surface area (Å²) in [5.74, 6) is 0. The van der Waals surface area contributed by atoms with Gasteiger partial charge in [0.05, 0.1) is 6.61 Å². The number of hydrogen-bond acceptors (Lipinski definition) is 4. The Labute approximate surface area is 104 Å². The van der Waals surface area contributed by atoms with Crippen LogP contribution in [-0.4, -0.2) is 42.5 Å². The molecule has 5 nitrogen and oxygen atoms in total. The maximum absolute atomic E-state index is 11.3. The lowest BCUT2D eigenvalue weighted by atomic mass is 10.2. The highest BCUT2D eigenvalue weighted by atomic mass is 16.6. The van der Waals surface area contributed by atoms with Gasteiger partial charge in [0.15, 0.2) is 0 Å². The first kappa shape index (κ1) is 16.2. The zero-order valence-corrected chi connectivity index (χ0v) is 11.4. The lowest BCUT2D eigenvalue weighted by molar-refractivity contribution is 0.0527. The Morgan fingerprint density at radius 1 is 1.35 bits per heavy atom. The van der Waals surface area contributed by atoms with E-state index in [0.717, 1.165) is 19.4 Å². The van der Waals surface area contributed by atoms with Gasteiger partial charge in [0.1, 0.15) is 5.60 Å². The van der Waals surface area contributed by atoms with Crippen molar-refractivity contribution in [3.05, 3.63) is 0 Å². The standard InChI is InChI=1S/C12H26N2O3/c1-5-10(9-15)13-7-6-8-14-11(16)17-12(2,3)4/h10,13,15H,5-9H2,1-4H3,(H,14,16)/t10-/m1/s1. The summed E-state index contributed by atoms with van der Waals surface area (Å²) in [5.41, 5.74) is -0.452. The lowest BCUT2D eigenvalue weighted by Crippen LogP contribution is -2.36. The Morgan fingerprint density at radius 3 is 2.47 bits per heavy atom. The third-order valence-electron chi connectivity index (χ3n) is 2.17. The highest BCUT2D eigenvalue weighted by Crippen LogP contribution is 2.06. The highest BCUT2D eigenvalue weighted by Gasteiger charge is 2.15. The van der Waals surface area contributed by atoms with Crippen molar-refractivity contribution < 1.29 is 14.6 Å². The van der Waals surface area contributed by atoms with Gasteiger partial charge in [0.25, 0.3) is 0 Å². The topological polar surface area (TPSA) is 70.6 Å². The fourth-order valence-corrected chi connectivity index (χ4v) is 1.24. The molecule has 0 aromatic heterocycles. The lowest BCUT2D eigenvalue weighted by Gasteiger charge is -2.19.